The SMILES string of the molecule is CCC(CCC(CCCc1ccc(OC)c(OC)c1)C(=O)O)c1ccc(OC)c(OC)c1. The molecule has 2 unspecified atom stereocenters. The van der Waals surface area contributed by atoms with Crippen LogP contribution in [0.15, 0.2) is 36.4 Å². The second-order valence-corrected chi connectivity index (χ2v) is 7.91. The first-order valence-corrected chi connectivity index (χ1v) is 11.1. The van der Waals surface area contributed by atoms with Gasteiger partial charge in [0.15, 0.2) is 23.0 Å². The van der Waals surface area contributed by atoms with Gasteiger partial charge in [0.25, 0.3) is 0 Å². The number of ether oxygens (including phenoxy) is 4. The predicted octanol–water partition coefficient (Wildman–Crippen LogP) is 5.72. The quantitative estimate of drug-likeness (QED) is 0.402. The van der Waals surface area contributed by atoms with Crippen molar-refractivity contribution in [1.82, 2.24) is 0 Å². The van der Waals surface area contributed by atoms with E-state index in [9.17, 15) is 9.90 Å². The number of aryl methyl sites for hydroxylation is 1. The van der Waals surface area contributed by atoms with Gasteiger partial charge in [-0.1, -0.05) is 19.1 Å². The Kier molecular flexibility index (Phi) is 10.2. The molecule has 0 aliphatic carbocycles. The molecular weight excluding hydrogens is 408 g/mol. The van der Waals surface area contributed by atoms with Crippen LogP contribution in [0.4, 0.5) is 0 Å². The van der Waals surface area contributed by atoms with Gasteiger partial charge in [0.1, 0.15) is 0 Å². The van der Waals surface area contributed by atoms with Crippen LogP contribution in [0.5, 0.6) is 23.0 Å². The molecule has 0 saturated heterocycles. The predicted molar refractivity (Wildman–Crippen MR) is 125 cm³/mol. The topological polar surface area (TPSA) is 74.2 Å². The zero-order valence-electron chi connectivity index (χ0n) is 19.8. The first-order chi connectivity index (χ1) is 15.5. The van der Waals surface area contributed by atoms with Crippen LogP contribution in [-0.2, 0) is 11.2 Å². The van der Waals surface area contributed by atoms with Crippen LogP contribution < -0.4 is 18.9 Å². The standard InChI is InChI=1S/C26H36O6/c1-6-19(21-13-15-23(30-3)25(17-21)32-5)11-12-20(26(27)28)9-7-8-18-10-14-22(29-2)24(16-18)31-4/h10,13-17,19-20H,6-9,11-12H2,1-5H3,(H,27,28). The molecule has 2 aromatic rings. The van der Waals surface area contributed by atoms with Gasteiger partial charge in [0, 0.05) is 0 Å². The molecule has 0 radical (unpaired) electrons. The molecule has 0 aromatic heterocycles. The first kappa shape index (κ1) is 25.4. The van der Waals surface area contributed by atoms with E-state index in [-0.39, 0.29) is 11.8 Å². The van der Waals surface area contributed by atoms with Crippen LogP contribution in [0, 0.1) is 5.92 Å². The van der Waals surface area contributed by atoms with Crippen LogP contribution in [0.1, 0.15) is 56.1 Å². The minimum Gasteiger partial charge on any atom is -0.493 e. The highest BCUT2D eigenvalue weighted by Crippen LogP contribution is 2.35. The lowest BCUT2D eigenvalue weighted by molar-refractivity contribution is -0.142. The van der Waals surface area contributed by atoms with E-state index in [0.29, 0.717) is 35.8 Å². The van der Waals surface area contributed by atoms with Crippen molar-refractivity contribution in [2.24, 2.45) is 5.92 Å². The normalized spacial score (nSPS) is 12.7. The lowest BCUT2D eigenvalue weighted by Crippen LogP contribution is -2.15. The molecule has 2 atom stereocenters. The summed E-state index contributed by atoms with van der Waals surface area (Å²) in [5, 5.41) is 9.75. The van der Waals surface area contributed by atoms with Crippen molar-refractivity contribution in [1.29, 1.82) is 0 Å². The maximum atomic E-state index is 11.9. The van der Waals surface area contributed by atoms with Gasteiger partial charge in [-0.05, 0) is 79.8 Å². The van der Waals surface area contributed by atoms with Crippen LogP contribution in [0.3, 0.4) is 0 Å². The molecular formula is C26H36O6. The van der Waals surface area contributed by atoms with Gasteiger partial charge in [-0.15, -0.1) is 0 Å². The van der Waals surface area contributed by atoms with Crippen molar-refractivity contribution in [3.8, 4) is 23.0 Å². The molecule has 0 spiro atoms. The van der Waals surface area contributed by atoms with Gasteiger partial charge < -0.3 is 24.1 Å². The molecule has 1 N–H and O–H groups in total. The Morgan fingerprint density at radius 1 is 0.812 bits per heavy atom. The molecule has 0 saturated carbocycles. The number of carboxylic acids is 1. The fraction of sp³-hybridized carbons (Fsp3) is 0.500. The Balaban J connectivity index is 1.96. The highest BCUT2D eigenvalue weighted by Gasteiger charge is 2.21. The number of benzene rings is 2. The number of carboxylic acid groups (broad SMARTS) is 1. The van der Waals surface area contributed by atoms with Gasteiger partial charge in [0.2, 0.25) is 0 Å². The van der Waals surface area contributed by atoms with Crippen molar-refractivity contribution >= 4 is 5.97 Å². The smallest absolute Gasteiger partial charge is 0.306 e. The molecule has 6 heteroatoms. The van der Waals surface area contributed by atoms with Crippen LogP contribution in [-0.4, -0.2) is 39.5 Å². The van der Waals surface area contributed by atoms with E-state index in [4.69, 9.17) is 18.9 Å². The number of aliphatic carboxylic acids is 1. The Bertz CT molecular complexity index is 863. The second kappa shape index (κ2) is 12.8. The first-order valence-electron chi connectivity index (χ1n) is 11.1. The largest absolute Gasteiger partial charge is 0.493 e. The third kappa shape index (κ3) is 6.81. The average molecular weight is 445 g/mol. The van der Waals surface area contributed by atoms with Crippen molar-refractivity contribution < 1.29 is 28.8 Å². The van der Waals surface area contributed by atoms with E-state index < -0.39 is 5.97 Å². The van der Waals surface area contributed by atoms with Crippen LogP contribution in [0.2, 0.25) is 0 Å². The summed E-state index contributed by atoms with van der Waals surface area (Å²) in [6, 6.07) is 11.8. The Labute approximate surface area is 191 Å². The molecule has 0 fully saturated rings. The number of hydrogen-bond acceptors (Lipinski definition) is 5. The molecule has 0 amide bonds. The maximum Gasteiger partial charge on any atom is 0.306 e. The Hall–Kier alpha value is -2.89. The lowest BCUT2D eigenvalue weighted by Gasteiger charge is -2.20. The fourth-order valence-electron chi connectivity index (χ4n) is 4.10. The molecule has 176 valence electrons. The molecule has 2 aromatic carbocycles. The Morgan fingerprint density at radius 3 is 1.97 bits per heavy atom. The monoisotopic (exact) mass is 444 g/mol. The van der Waals surface area contributed by atoms with Crippen LogP contribution >= 0.6 is 0 Å². The van der Waals surface area contributed by atoms with Crippen LogP contribution in [0.25, 0.3) is 0 Å². The van der Waals surface area contributed by atoms with E-state index in [2.05, 4.69) is 6.92 Å². The third-order valence-corrected chi connectivity index (χ3v) is 6.05. The van der Waals surface area contributed by atoms with Crippen molar-refractivity contribution in [3.63, 3.8) is 0 Å². The van der Waals surface area contributed by atoms with Crippen molar-refractivity contribution in [2.75, 3.05) is 28.4 Å². The summed E-state index contributed by atoms with van der Waals surface area (Å²) in [7, 11) is 6.47. The van der Waals surface area contributed by atoms with Gasteiger partial charge in [-0.3, -0.25) is 4.79 Å². The molecule has 0 aliphatic heterocycles. The molecule has 0 aliphatic rings. The molecule has 0 bridgehead atoms. The van der Waals surface area contributed by atoms with E-state index in [1.807, 2.05) is 36.4 Å². The van der Waals surface area contributed by atoms with E-state index >= 15 is 0 Å². The zero-order valence-corrected chi connectivity index (χ0v) is 19.8. The average Bonchev–Trinajstić information content (AvgIpc) is 2.82. The number of hydrogen-bond donors (Lipinski definition) is 1. The molecule has 6 nitrogen and oxygen atoms in total. The van der Waals surface area contributed by atoms with E-state index in [1.165, 1.54) is 0 Å². The summed E-state index contributed by atoms with van der Waals surface area (Å²) in [6.45, 7) is 2.13. The summed E-state index contributed by atoms with van der Waals surface area (Å²) < 4.78 is 21.4. The maximum absolute atomic E-state index is 11.9. The lowest BCUT2D eigenvalue weighted by atomic mass is 9.86. The highest BCUT2D eigenvalue weighted by atomic mass is 16.5. The summed E-state index contributed by atoms with van der Waals surface area (Å²) in [5.41, 5.74) is 2.27. The zero-order chi connectivity index (χ0) is 23.5. The minimum absolute atomic E-state index is 0.280. The molecule has 0 heterocycles. The van der Waals surface area contributed by atoms with Gasteiger partial charge in [-0.2, -0.15) is 0 Å². The summed E-state index contributed by atoms with van der Waals surface area (Å²) in [5.74, 6) is 1.99. The van der Waals surface area contributed by atoms with E-state index in [0.717, 1.165) is 36.8 Å². The molecule has 2 rings (SSSR count). The highest BCUT2D eigenvalue weighted by molar-refractivity contribution is 5.69. The second-order valence-electron chi connectivity index (χ2n) is 7.91. The third-order valence-electron chi connectivity index (χ3n) is 6.05. The van der Waals surface area contributed by atoms with Gasteiger partial charge in [-0.25, -0.2) is 0 Å². The van der Waals surface area contributed by atoms with Crippen molar-refractivity contribution in [2.45, 2.75) is 51.4 Å². The van der Waals surface area contributed by atoms with Gasteiger partial charge in [0.05, 0.1) is 34.4 Å². The summed E-state index contributed by atoms with van der Waals surface area (Å²) in [4.78, 5) is 11.9. The fourth-order valence-corrected chi connectivity index (χ4v) is 4.10. The summed E-state index contributed by atoms with van der Waals surface area (Å²) in [6.07, 6.45) is 4.66. The number of carbonyl (C=O) groups is 1. The minimum atomic E-state index is -0.723. The summed E-state index contributed by atoms with van der Waals surface area (Å²) >= 11 is 0. The van der Waals surface area contributed by atoms with E-state index in [1.54, 1.807) is 28.4 Å². The number of rotatable bonds is 14. The van der Waals surface area contributed by atoms with Crippen molar-refractivity contribution in [3.05, 3.63) is 47.5 Å². The van der Waals surface area contributed by atoms with Gasteiger partial charge >= 0.3 is 5.97 Å². The molecule has 32 heavy (non-hydrogen) atoms. The number of methoxy groups -OCH3 is 4. The Morgan fingerprint density at radius 2 is 1.41 bits per heavy atom.